The van der Waals surface area contributed by atoms with Crippen molar-refractivity contribution in [3.63, 3.8) is 0 Å². The maximum Gasteiger partial charge on any atom is 0.263 e. The van der Waals surface area contributed by atoms with Gasteiger partial charge in [-0.25, -0.2) is 9.29 Å². The number of amides is 2. The highest BCUT2D eigenvalue weighted by atomic mass is 19.1. The Morgan fingerprint density at radius 2 is 1.91 bits per heavy atom. The van der Waals surface area contributed by atoms with Crippen LogP contribution in [0.4, 0.5) is 10.1 Å². The molecule has 1 aromatic heterocycles. The number of anilines is 1. The van der Waals surface area contributed by atoms with E-state index in [4.69, 9.17) is 9.26 Å². The van der Waals surface area contributed by atoms with E-state index in [1.807, 2.05) is 38.1 Å². The van der Waals surface area contributed by atoms with E-state index in [1.165, 1.54) is 23.2 Å². The van der Waals surface area contributed by atoms with E-state index in [-0.39, 0.29) is 24.2 Å². The Hall–Kier alpha value is -4.15. The predicted molar refractivity (Wildman–Crippen MR) is 112 cm³/mol. The van der Waals surface area contributed by atoms with Crippen LogP contribution in [-0.2, 0) is 16.1 Å². The molecule has 10 nitrogen and oxygen atoms in total. The van der Waals surface area contributed by atoms with Gasteiger partial charge in [0, 0.05) is 5.56 Å². The summed E-state index contributed by atoms with van der Waals surface area (Å²) in [4.78, 5) is 31.0. The normalized spacial score (nSPS) is 19.6. The van der Waals surface area contributed by atoms with E-state index < -0.39 is 29.7 Å². The fourth-order valence-electron chi connectivity index (χ4n) is 3.75. The van der Waals surface area contributed by atoms with Gasteiger partial charge >= 0.3 is 0 Å². The van der Waals surface area contributed by atoms with Crippen LogP contribution < -0.4 is 9.64 Å². The second kappa shape index (κ2) is 8.08. The average molecular weight is 450 g/mol. The fraction of sp³-hybridized carbons (Fsp3) is 0.273. The first-order valence-corrected chi connectivity index (χ1v) is 10.3. The number of ether oxygens (including phenoxy) is 1. The van der Waals surface area contributed by atoms with Gasteiger partial charge in [-0.2, -0.15) is 10.1 Å². The molecule has 1 fully saturated rings. The van der Waals surface area contributed by atoms with Crippen molar-refractivity contribution >= 4 is 17.5 Å². The monoisotopic (exact) mass is 450 g/mol. The summed E-state index contributed by atoms with van der Waals surface area (Å²) in [7, 11) is 0. The molecule has 0 saturated carbocycles. The number of halogens is 1. The summed E-state index contributed by atoms with van der Waals surface area (Å²) in [5, 5.41) is 13.2. The Morgan fingerprint density at radius 3 is 2.64 bits per heavy atom. The zero-order valence-electron chi connectivity index (χ0n) is 17.8. The van der Waals surface area contributed by atoms with E-state index in [9.17, 15) is 14.0 Å². The van der Waals surface area contributed by atoms with Gasteiger partial charge in [0.15, 0.2) is 12.1 Å². The third kappa shape index (κ3) is 3.81. The van der Waals surface area contributed by atoms with Gasteiger partial charge in [-0.15, -0.1) is 0 Å². The minimum atomic E-state index is -1.00. The van der Waals surface area contributed by atoms with Crippen LogP contribution in [0.3, 0.4) is 0 Å². The minimum absolute atomic E-state index is 0.0117. The van der Waals surface area contributed by atoms with Crippen molar-refractivity contribution in [1.29, 1.82) is 0 Å². The number of rotatable bonds is 6. The Kier molecular flexibility index (Phi) is 5.08. The lowest BCUT2D eigenvalue weighted by atomic mass is 10.1. The van der Waals surface area contributed by atoms with Crippen molar-refractivity contribution in [2.45, 2.75) is 38.6 Å². The smallest absolute Gasteiger partial charge is 0.263 e. The third-order valence-electron chi connectivity index (χ3n) is 5.17. The van der Waals surface area contributed by atoms with Crippen molar-refractivity contribution in [1.82, 2.24) is 15.1 Å². The molecule has 2 atom stereocenters. The zero-order valence-corrected chi connectivity index (χ0v) is 17.8. The number of fused-ring (bicyclic) bond motifs is 1. The molecule has 33 heavy (non-hydrogen) atoms. The lowest BCUT2D eigenvalue weighted by Gasteiger charge is -2.19. The minimum Gasteiger partial charge on any atom is -0.491 e. The molecule has 168 valence electrons. The highest BCUT2D eigenvalue weighted by molar-refractivity contribution is 6.25. The molecule has 2 aliphatic rings. The maximum absolute atomic E-state index is 13.6. The van der Waals surface area contributed by atoms with Gasteiger partial charge in [-0.05, 0) is 56.3 Å². The first-order chi connectivity index (χ1) is 15.9. The van der Waals surface area contributed by atoms with Crippen molar-refractivity contribution < 1.29 is 23.2 Å². The van der Waals surface area contributed by atoms with E-state index >= 15 is 0 Å². The molecular weight excluding hydrogens is 431 g/mol. The molecule has 2 amide bonds. The molecule has 0 N–H and O–H groups in total. The van der Waals surface area contributed by atoms with Gasteiger partial charge in [0.1, 0.15) is 18.1 Å². The molecule has 2 aliphatic heterocycles. The maximum atomic E-state index is 13.6. The van der Waals surface area contributed by atoms with Crippen molar-refractivity contribution in [2.75, 3.05) is 4.90 Å². The van der Waals surface area contributed by atoms with Crippen LogP contribution in [0, 0.1) is 5.82 Å². The first kappa shape index (κ1) is 20.7. The molecule has 11 heteroatoms. The number of nitrogens with zero attached hydrogens (tertiary/aromatic N) is 6. The second-order valence-corrected chi connectivity index (χ2v) is 7.89. The lowest BCUT2D eigenvalue weighted by molar-refractivity contribution is -0.123. The number of aromatic nitrogens is 2. The Labute approximate surface area is 187 Å². The SMILES string of the molecule is CC(C)Oc1ccc(-c2noc(CN3N=N[C@@H]4C(=O)N(c5cccc(F)c5)C(=O)[C@H]43)n2)cc1. The number of hydrogen-bond donors (Lipinski definition) is 0. The van der Waals surface area contributed by atoms with E-state index in [1.54, 1.807) is 0 Å². The van der Waals surface area contributed by atoms with Gasteiger partial charge in [0.2, 0.25) is 11.7 Å². The zero-order chi connectivity index (χ0) is 23.1. The average Bonchev–Trinajstić information content (AvgIpc) is 3.47. The summed E-state index contributed by atoms with van der Waals surface area (Å²) in [6, 6.07) is 10.6. The summed E-state index contributed by atoms with van der Waals surface area (Å²) in [6.07, 6.45) is 0.0631. The fourth-order valence-corrected chi connectivity index (χ4v) is 3.75. The molecule has 0 unspecified atom stereocenters. The molecule has 0 aliphatic carbocycles. The molecule has 1 saturated heterocycles. The molecule has 5 rings (SSSR count). The quantitative estimate of drug-likeness (QED) is 0.530. The van der Waals surface area contributed by atoms with Crippen LogP contribution >= 0.6 is 0 Å². The molecule has 0 spiro atoms. The van der Waals surface area contributed by atoms with Crippen LogP contribution in [0.2, 0.25) is 0 Å². The summed E-state index contributed by atoms with van der Waals surface area (Å²) in [5.41, 5.74) is 0.881. The van der Waals surface area contributed by atoms with Gasteiger partial charge in [0.25, 0.3) is 11.8 Å². The van der Waals surface area contributed by atoms with Crippen LogP contribution in [0.25, 0.3) is 11.4 Å². The van der Waals surface area contributed by atoms with Crippen LogP contribution in [0.15, 0.2) is 63.4 Å². The summed E-state index contributed by atoms with van der Waals surface area (Å²) < 4.78 is 24.6. The summed E-state index contributed by atoms with van der Waals surface area (Å²) >= 11 is 0. The summed E-state index contributed by atoms with van der Waals surface area (Å²) in [5.74, 6) is -0.350. The van der Waals surface area contributed by atoms with Crippen LogP contribution in [0.5, 0.6) is 5.75 Å². The summed E-state index contributed by atoms with van der Waals surface area (Å²) in [6.45, 7) is 3.88. The lowest BCUT2D eigenvalue weighted by Crippen LogP contribution is -2.39. The number of imide groups is 1. The number of carbonyl (C=O) groups is 2. The van der Waals surface area contributed by atoms with E-state index in [0.717, 1.165) is 22.3 Å². The standard InChI is InChI=1S/C22H19FN6O4/c1-12(2)32-16-8-6-13(7-9-16)20-24-17(33-26-20)11-28-19-18(25-27-28)21(30)29(22(19)31)15-5-3-4-14(23)10-15/h3-10,12,18-19H,11H2,1-2H3/t18-,19-/m0/s1. The Bertz CT molecular complexity index is 1240. The molecule has 3 aromatic rings. The van der Waals surface area contributed by atoms with E-state index in [0.29, 0.717) is 5.82 Å². The molecule has 0 bridgehead atoms. The third-order valence-corrected chi connectivity index (χ3v) is 5.17. The number of carbonyl (C=O) groups excluding carboxylic acids is 2. The van der Waals surface area contributed by atoms with Gasteiger partial charge < -0.3 is 9.26 Å². The van der Waals surface area contributed by atoms with Crippen LogP contribution in [0.1, 0.15) is 19.7 Å². The molecule has 2 aromatic carbocycles. The molecular formula is C22H19FN6O4. The number of benzene rings is 2. The number of hydrogen-bond acceptors (Lipinski definition) is 9. The highest BCUT2D eigenvalue weighted by Crippen LogP contribution is 2.33. The van der Waals surface area contributed by atoms with Gasteiger partial charge in [-0.3, -0.25) is 14.6 Å². The topological polar surface area (TPSA) is 113 Å². The largest absolute Gasteiger partial charge is 0.491 e. The van der Waals surface area contributed by atoms with Crippen molar-refractivity contribution in [2.24, 2.45) is 10.3 Å². The second-order valence-electron chi connectivity index (χ2n) is 7.89. The first-order valence-electron chi connectivity index (χ1n) is 10.3. The van der Waals surface area contributed by atoms with Gasteiger partial charge in [0.05, 0.1) is 11.8 Å². The van der Waals surface area contributed by atoms with Gasteiger partial charge in [-0.1, -0.05) is 16.4 Å². The Morgan fingerprint density at radius 1 is 1.12 bits per heavy atom. The molecule has 3 heterocycles. The van der Waals surface area contributed by atoms with E-state index in [2.05, 4.69) is 20.5 Å². The molecule has 0 radical (unpaired) electrons. The Balaban J connectivity index is 1.31. The predicted octanol–water partition coefficient (Wildman–Crippen LogP) is 3.16. The van der Waals surface area contributed by atoms with Crippen molar-refractivity contribution in [3.8, 4) is 17.1 Å². The van der Waals surface area contributed by atoms with Crippen LogP contribution in [-0.4, -0.2) is 45.2 Å². The highest BCUT2D eigenvalue weighted by Gasteiger charge is 2.55. The van der Waals surface area contributed by atoms with Crippen molar-refractivity contribution in [3.05, 3.63) is 60.2 Å².